The lowest BCUT2D eigenvalue weighted by molar-refractivity contribution is -0.116. The van der Waals surface area contributed by atoms with Crippen molar-refractivity contribution in [3.05, 3.63) is 64.2 Å². The van der Waals surface area contributed by atoms with Crippen LogP contribution in [0.3, 0.4) is 0 Å². The molecule has 4 aromatic rings. The first-order valence-electron chi connectivity index (χ1n) is 10.5. The third-order valence-corrected chi connectivity index (χ3v) is 6.85. The molecule has 1 fully saturated rings. The summed E-state index contributed by atoms with van der Waals surface area (Å²) >= 11 is 1.50. The molecule has 0 radical (unpaired) electrons. The van der Waals surface area contributed by atoms with E-state index in [0.29, 0.717) is 22.1 Å². The van der Waals surface area contributed by atoms with Gasteiger partial charge in [0, 0.05) is 16.5 Å². The van der Waals surface area contributed by atoms with E-state index < -0.39 is 0 Å². The van der Waals surface area contributed by atoms with Gasteiger partial charge in [-0.15, -0.1) is 11.3 Å². The Morgan fingerprint density at radius 3 is 2.74 bits per heavy atom. The molecule has 0 saturated heterocycles. The molecule has 8 heteroatoms. The van der Waals surface area contributed by atoms with E-state index in [4.69, 9.17) is 0 Å². The predicted molar refractivity (Wildman–Crippen MR) is 122 cm³/mol. The molecule has 1 N–H and O–H groups in total. The Hall–Kier alpha value is -3.26. The number of nitrogens with one attached hydrogen (secondary N) is 1. The minimum Gasteiger partial charge on any atom is -0.309 e. The molecular weight excluding hydrogens is 410 g/mol. The molecule has 158 valence electrons. The number of rotatable bonds is 5. The first kappa shape index (κ1) is 19.7. The monoisotopic (exact) mass is 433 g/mol. The van der Waals surface area contributed by atoms with Crippen molar-refractivity contribution in [2.45, 2.75) is 45.2 Å². The third-order valence-electron chi connectivity index (χ3n) is 5.84. The molecule has 1 aliphatic rings. The fourth-order valence-electron chi connectivity index (χ4n) is 4.39. The second-order valence-corrected chi connectivity index (χ2v) is 9.11. The Kier molecular flexibility index (Phi) is 5.15. The SMILES string of the molecule is Cc1sc2ncn(CC(=O)Nc3ccnn3C3CCCC3)c(=O)c2c1-c1ccccc1. The predicted octanol–water partition coefficient (Wildman–Crippen LogP) is 4.38. The number of nitrogens with zero attached hydrogens (tertiary/aromatic N) is 4. The van der Waals surface area contributed by atoms with Gasteiger partial charge in [-0.25, -0.2) is 9.67 Å². The second kappa shape index (κ2) is 8.11. The summed E-state index contributed by atoms with van der Waals surface area (Å²) < 4.78 is 3.28. The number of anilines is 1. The highest BCUT2D eigenvalue weighted by molar-refractivity contribution is 7.19. The Morgan fingerprint density at radius 1 is 1.19 bits per heavy atom. The number of fused-ring (bicyclic) bond motifs is 1. The Bertz CT molecular complexity index is 1300. The smallest absolute Gasteiger partial charge is 0.263 e. The van der Waals surface area contributed by atoms with Crippen LogP contribution < -0.4 is 10.9 Å². The van der Waals surface area contributed by atoms with Crippen molar-refractivity contribution in [2.24, 2.45) is 0 Å². The molecule has 0 aliphatic heterocycles. The summed E-state index contributed by atoms with van der Waals surface area (Å²) in [5, 5.41) is 7.88. The van der Waals surface area contributed by atoms with Crippen molar-refractivity contribution >= 4 is 33.3 Å². The molecule has 3 aromatic heterocycles. The summed E-state index contributed by atoms with van der Waals surface area (Å²) in [5.74, 6) is 0.409. The van der Waals surface area contributed by atoms with E-state index in [1.54, 1.807) is 12.3 Å². The van der Waals surface area contributed by atoms with Gasteiger partial charge in [0.15, 0.2) is 0 Å². The average molecular weight is 434 g/mol. The van der Waals surface area contributed by atoms with Gasteiger partial charge in [0.1, 0.15) is 17.2 Å². The van der Waals surface area contributed by atoms with E-state index in [0.717, 1.165) is 28.8 Å². The number of hydrogen-bond donors (Lipinski definition) is 1. The summed E-state index contributed by atoms with van der Waals surface area (Å²) in [6, 6.07) is 12.0. The minimum absolute atomic E-state index is 0.0965. The highest BCUT2D eigenvalue weighted by atomic mass is 32.1. The maximum Gasteiger partial charge on any atom is 0.263 e. The summed E-state index contributed by atoms with van der Waals surface area (Å²) in [6.07, 6.45) is 7.68. The number of carbonyl (C=O) groups is 1. The number of amides is 1. The van der Waals surface area contributed by atoms with Crippen molar-refractivity contribution in [1.29, 1.82) is 0 Å². The molecule has 0 atom stereocenters. The topological polar surface area (TPSA) is 81.8 Å². The van der Waals surface area contributed by atoms with E-state index in [1.165, 1.54) is 35.1 Å². The van der Waals surface area contributed by atoms with Gasteiger partial charge in [0.2, 0.25) is 5.91 Å². The van der Waals surface area contributed by atoms with Crippen LogP contribution in [-0.2, 0) is 11.3 Å². The van der Waals surface area contributed by atoms with E-state index >= 15 is 0 Å². The molecule has 3 heterocycles. The quantitative estimate of drug-likeness (QED) is 0.506. The van der Waals surface area contributed by atoms with Crippen LogP contribution in [0.2, 0.25) is 0 Å². The van der Waals surface area contributed by atoms with Gasteiger partial charge in [-0.3, -0.25) is 14.2 Å². The van der Waals surface area contributed by atoms with Gasteiger partial charge in [0.05, 0.1) is 24.0 Å². The van der Waals surface area contributed by atoms with Crippen molar-refractivity contribution in [3.63, 3.8) is 0 Å². The van der Waals surface area contributed by atoms with Crippen molar-refractivity contribution in [3.8, 4) is 11.1 Å². The maximum atomic E-state index is 13.3. The molecule has 0 bridgehead atoms. The van der Waals surface area contributed by atoms with E-state index in [9.17, 15) is 9.59 Å². The molecule has 1 amide bonds. The summed E-state index contributed by atoms with van der Waals surface area (Å²) in [7, 11) is 0. The van der Waals surface area contributed by atoms with Gasteiger partial charge in [0.25, 0.3) is 5.56 Å². The van der Waals surface area contributed by atoms with Crippen LogP contribution in [0.1, 0.15) is 36.6 Å². The van der Waals surface area contributed by atoms with Crippen LogP contribution in [0.4, 0.5) is 5.82 Å². The van der Waals surface area contributed by atoms with E-state index in [-0.39, 0.29) is 18.0 Å². The molecular formula is C23H23N5O2S. The Labute approximate surface area is 183 Å². The number of aryl methyl sites for hydroxylation is 1. The molecule has 0 unspecified atom stereocenters. The maximum absolute atomic E-state index is 13.3. The zero-order valence-corrected chi connectivity index (χ0v) is 18.1. The molecule has 5 rings (SSSR count). The van der Waals surface area contributed by atoms with Crippen LogP contribution in [0.15, 0.2) is 53.7 Å². The van der Waals surface area contributed by atoms with Crippen LogP contribution in [-0.4, -0.2) is 25.2 Å². The van der Waals surface area contributed by atoms with Crippen molar-refractivity contribution in [1.82, 2.24) is 19.3 Å². The summed E-state index contributed by atoms with van der Waals surface area (Å²) in [5.41, 5.74) is 1.67. The first-order valence-corrected chi connectivity index (χ1v) is 11.3. The van der Waals surface area contributed by atoms with Crippen molar-refractivity contribution < 1.29 is 4.79 Å². The zero-order chi connectivity index (χ0) is 21.4. The number of hydrogen-bond acceptors (Lipinski definition) is 5. The Morgan fingerprint density at radius 2 is 1.97 bits per heavy atom. The van der Waals surface area contributed by atoms with Crippen LogP contribution in [0.5, 0.6) is 0 Å². The van der Waals surface area contributed by atoms with Gasteiger partial charge < -0.3 is 5.32 Å². The number of carbonyl (C=O) groups excluding carboxylic acids is 1. The molecule has 1 aliphatic carbocycles. The van der Waals surface area contributed by atoms with Gasteiger partial charge >= 0.3 is 0 Å². The fourth-order valence-corrected chi connectivity index (χ4v) is 5.40. The molecule has 31 heavy (non-hydrogen) atoms. The molecule has 0 spiro atoms. The first-order chi connectivity index (χ1) is 15.1. The summed E-state index contributed by atoms with van der Waals surface area (Å²) in [6.45, 7) is 1.90. The zero-order valence-electron chi connectivity index (χ0n) is 17.2. The molecule has 1 saturated carbocycles. The van der Waals surface area contributed by atoms with Gasteiger partial charge in [-0.2, -0.15) is 5.10 Å². The lowest BCUT2D eigenvalue weighted by Crippen LogP contribution is -2.28. The lowest BCUT2D eigenvalue weighted by atomic mass is 10.0. The van der Waals surface area contributed by atoms with E-state index in [2.05, 4.69) is 15.4 Å². The fraction of sp³-hybridized carbons (Fsp3) is 0.304. The van der Waals surface area contributed by atoms with Gasteiger partial charge in [-0.1, -0.05) is 43.2 Å². The van der Waals surface area contributed by atoms with Crippen LogP contribution in [0.25, 0.3) is 21.3 Å². The van der Waals surface area contributed by atoms with Crippen LogP contribution in [0, 0.1) is 6.92 Å². The van der Waals surface area contributed by atoms with E-state index in [1.807, 2.05) is 41.9 Å². The van der Waals surface area contributed by atoms with Crippen LogP contribution >= 0.6 is 11.3 Å². The lowest BCUT2D eigenvalue weighted by Gasteiger charge is -2.15. The second-order valence-electron chi connectivity index (χ2n) is 7.90. The average Bonchev–Trinajstić information content (AvgIpc) is 3.50. The number of benzene rings is 1. The van der Waals surface area contributed by atoms with Gasteiger partial charge in [-0.05, 0) is 25.3 Å². The third kappa shape index (κ3) is 3.67. The molecule has 1 aromatic carbocycles. The highest BCUT2D eigenvalue weighted by Gasteiger charge is 2.21. The summed E-state index contributed by atoms with van der Waals surface area (Å²) in [4.78, 5) is 32.2. The molecule has 7 nitrogen and oxygen atoms in total. The number of aromatic nitrogens is 4. The largest absolute Gasteiger partial charge is 0.309 e. The standard InChI is InChI=1S/C23H23N5O2S/c1-15-20(16-7-3-2-4-8-16)21-22(31-15)24-14-27(23(21)30)13-19(29)26-18-11-12-25-28(18)17-9-5-6-10-17/h2-4,7-8,11-12,14,17H,5-6,9-10,13H2,1H3,(H,26,29). The highest BCUT2D eigenvalue weighted by Crippen LogP contribution is 2.35. The number of thiophene rings is 1. The normalized spacial score (nSPS) is 14.4. The minimum atomic E-state index is -0.267. The van der Waals surface area contributed by atoms with Crippen molar-refractivity contribution in [2.75, 3.05) is 5.32 Å². The Balaban J connectivity index is 1.44.